The van der Waals surface area contributed by atoms with Gasteiger partial charge in [0.2, 0.25) is 0 Å². The standard InChI is InChI=1S/C12H12ClNO3/c1-7(2)10-11(15)17-12(16)14(10)9-5-3-8(13)4-6-9/h3-7,10H,1-2H3. The van der Waals surface area contributed by atoms with Crippen molar-refractivity contribution in [1.29, 1.82) is 0 Å². The van der Waals surface area contributed by atoms with E-state index in [1.54, 1.807) is 24.3 Å². The molecule has 1 heterocycles. The molecule has 0 saturated carbocycles. The highest BCUT2D eigenvalue weighted by Gasteiger charge is 2.43. The monoisotopic (exact) mass is 253 g/mol. The van der Waals surface area contributed by atoms with Crippen molar-refractivity contribution < 1.29 is 14.3 Å². The molecule has 2 rings (SSSR count). The highest BCUT2D eigenvalue weighted by atomic mass is 35.5. The summed E-state index contributed by atoms with van der Waals surface area (Å²) in [5.41, 5.74) is 0.615. The summed E-state index contributed by atoms with van der Waals surface area (Å²) in [5, 5.41) is 0.578. The Morgan fingerprint density at radius 1 is 1.24 bits per heavy atom. The second kappa shape index (κ2) is 4.37. The highest BCUT2D eigenvalue weighted by Crippen LogP contribution is 2.28. The van der Waals surface area contributed by atoms with Gasteiger partial charge in [-0.1, -0.05) is 25.4 Å². The van der Waals surface area contributed by atoms with Gasteiger partial charge in [-0.3, -0.25) is 4.90 Å². The van der Waals surface area contributed by atoms with E-state index in [4.69, 9.17) is 11.6 Å². The predicted molar refractivity (Wildman–Crippen MR) is 64.0 cm³/mol. The van der Waals surface area contributed by atoms with Crippen LogP contribution >= 0.6 is 11.6 Å². The van der Waals surface area contributed by atoms with Crippen LogP contribution in [0.3, 0.4) is 0 Å². The molecular formula is C12H12ClNO3. The topological polar surface area (TPSA) is 46.6 Å². The molecule has 1 unspecified atom stereocenters. The van der Waals surface area contributed by atoms with E-state index in [1.165, 1.54) is 4.90 Å². The minimum absolute atomic E-state index is 0.00960. The Balaban J connectivity index is 2.38. The van der Waals surface area contributed by atoms with Crippen LogP contribution in [0, 0.1) is 5.92 Å². The van der Waals surface area contributed by atoms with E-state index in [-0.39, 0.29) is 5.92 Å². The lowest BCUT2D eigenvalue weighted by Crippen LogP contribution is -2.38. The molecule has 1 atom stereocenters. The van der Waals surface area contributed by atoms with E-state index in [0.717, 1.165) is 0 Å². The number of nitrogens with zero attached hydrogens (tertiary/aromatic N) is 1. The molecule has 0 bridgehead atoms. The first kappa shape index (κ1) is 11.9. The minimum Gasteiger partial charge on any atom is -0.374 e. The second-order valence-electron chi connectivity index (χ2n) is 4.22. The number of halogens is 1. The smallest absolute Gasteiger partial charge is 0.374 e. The molecule has 0 aromatic heterocycles. The molecule has 5 heteroatoms. The molecule has 0 radical (unpaired) electrons. The van der Waals surface area contributed by atoms with E-state index in [0.29, 0.717) is 10.7 Å². The third kappa shape index (κ3) is 2.13. The number of anilines is 1. The molecule has 4 nitrogen and oxygen atoms in total. The number of esters is 1. The number of amides is 1. The first-order valence-electron chi connectivity index (χ1n) is 5.31. The fraction of sp³-hybridized carbons (Fsp3) is 0.333. The molecule has 1 amide bonds. The zero-order chi connectivity index (χ0) is 12.6. The third-order valence-corrected chi connectivity index (χ3v) is 2.89. The van der Waals surface area contributed by atoms with Gasteiger partial charge in [0.25, 0.3) is 0 Å². The molecule has 1 fully saturated rings. The lowest BCUT2D eigenvalue weighted by Gasteiger charge is -2.22. The minimum atomic E-state index is -0.629. The van der Waals surface area contributed by atoms with Gasteiger partial charge in [0.05, 0.1) is 0 Å². The Labute approximate surface area is 104 Å². The molecule has 0 aliphatic carbocycles. The van der Waals surface area contributed by atoms with Crippen molar-refractivity contribution in [3.8, 4) is 0 Å². The van der Waals surface area contributed by atoms with Gasteiger partial charge in [-0.05, 0) is 30.2 Å². The highest BCUT2D eigenvalue weighted by molar-refractivity contribution is 6.30. The molecular weight excluding hydrogens is 242 g/mol. The number of hydrogen-bond acceptors (Lipinski definition) is 3. The molecule has 1 aromatic carbocycles. The Morgan fingerprint density at radius 3 is 2.35 bits per heavy atom. The zero-order valence-electron chi connectivity index (χ0n) is 9.51. The van der Waals surface area contributed by atoms with E-state index >= 15 is 0 Å². The summed E-state index contributed by atoms with van der Waals surface area (Å²) in [5.74, 6) is -0.510. The fourth-order valence-electron chi connectivity index (χ4n) is 1.85. The van der Waals surface area contributed by atoms with Crippen molar-refractivity contribution in [2.24, 2.45) is 5.92 Å². The van der Waals surface area contributed by atoms with Crippen LogP contribution in [-0.2, 0) is 9.53 Å². The summed E-state index contributed by atoms with van der Waals surface area (Å²) in [6.07, 6.45) is -0.629. The van der Waals surface area contributed by atoms with Gasteiger partial charge in [-0.2, -0.15) is 0 Å². The normalized spacial score (nSPS) is 20.0. The van der Waals surface area contributed by atoms with Gasteiger partial charge in [0.15, 0.2) is 0 Å². The van der Waals surface area contributed by atoms with Crippen LogP contribution in [0.15, 0.2) is 24.3 Å². The van der Waals surface area contributed by atoms with Gasteiger partial charge in [-0.25, -0.2) is 9.59 Å². The van der Waals surface area contributed by atoms with Crippen molar-refractivity contribution in [2.45, 2.75) is 19.9 Å². The quantitative estimate of drug-likeness (QED) is 0.601. The maximum Gasteiger partial charge on any atom is 0.422 e. The molecule has 1 saturated heterocycles. The number of hydrogen-bond donors (Lipinski definition) is 0. The number of rotatable bonds is 2. The average molecular weight is 254 g/mol. The first-order valence-corrected chi connectivity index (χ1v) is 5.69. The van der Waals surface area contributed by atoms with E-state index in [9.17, 15) is 9.59 Å². The summed E-state index contributed by atoms with van der Waals surface area (Å²) in [6, 6.07) is 6.16. The maximum atomic E-state index is 11.6. The van der Waals surface area contributed by atoms with Crippen LogP contribution in [0.2, 0.25) is 5.02 Å². The summed E-state index contributed by atoms with van der Waals surface area (Å²) in [7, 11) is 0. The van der Waals surface area contributed by atoms with Crippen LogP contribution < -0.4 is 4.90 Å². The van der Waals surface area contributed by atoms with Crippen molar-refractivity contribution in [1.82, 2.24) is 0 Å². The number of benzene rings is 1. The van der Waals surface area contributed by atoms with Crippen molar-refractivity contribution >= 4 is 29.4 Å². The zero-order valence-corrected chi connectivity index (χ0v) is 10.3. The lowest BCUT2D eigenvalue weighted by atomic mass is 10.0. The van der Waals surface area contributed by atoms with Crippen LogP contribution in [0.25, 0.3) is 0 Å². The Morgan fingerprint density at radius 2 is 1.82 bits per heavy atom. The Hall–Kier alpha value is -1.55. The molecule has 1 aliphatic rings. The number of carbonyl (C=O) groups excluding carboxylic acids is 2. The van der Waals surface area contributed by atoms with Gasteiger partial charge < -0.3 is 4.74 Å². The summed E-state index contributed by atoms with van der Waals surface area (Å²) < 4.78 is 4.65. The van der Waals surface area contributed by atoms with E-state index in [1.807, 2.05) is 13.8 Å². The largest absolute Gasteiger partial charge is 0.422 e. The molecule has 0 N–H and O–H groups in total. The van der Waals surface area contributed by atoms with Gasteiger partial charge in [0, 0.05) is 10.7 Å². The van der Waals surface area contributed by atoms with E-state index < -0.39 is 18.1 Å². The van der Waals surface area contributed by atoms with Crippen LogP contribution in [0.5, 0.6) is 0 Å². The van der Waals surface area contributed by atoms with Crippen LogP contribution in [0.4, 0.5) is 10.5 Å². The van der Waals surface area contributed by atoms with Crippen LogP contribution in [-0.4, -0.2) is 18.1 Å². The first-order chi connectivity index (χ1) is 8.00. The molecule has 1 aliphatic heterocycles. The predicted octanol–water partition coefficient (Wildman–Crippen LogP) is 2.85. The second-order valence-corrected chi connectivity index (χ2v) is 4.66. The number of carbonyl (C=O) groups is 2. The van der Waals surface area contributed by atoms with Crippen molar-refractivity contribution in [2.75, 3.05) is 4.90 Å². The van der Waals surface area contributed by atoms with Crippen LogP contribution in [0.1, 0.15) is 13.8 Å². The number of ether oxygens (including phenoxy) is 1. The van der Waals surface area contributed by atoms with Gasteiger partial charge >= 0.3 is 12.1 Å². The third-order valence-electron chi connectivity index (χ3n) is 2.64. The van der Waals surface area contributed by atoms with Gasteiger partial charge in [-0.15, -0.1) is 0 Å². The summed E-state index contributed by atoms with van der Waals surface area (Å²) in [4.78, 5) is 24.6. The molecule has 17 heavy (non-hydrogen) atoms. The van der Waals surface area contributed by atoms with Crippen molar-refractivity contribution in [3.63, 3.8) is 0 Å². The summed E-state index contributed by atoms with van der Waals surface area (Å²) in [6.45, 7) is 3.74. The summed E-state index contributed by atoms with van der Waals surface area (Å²) >= 11 is 5.78. The Kier molecular flexibility index (Phi) is 3.07. The van der Waals surface area contributed by atoms with Crippen molar-refractivity contribution in [3.05, 3.63) is 29.3 Å². The number of cyclic esters (lactones) is 2. The molecule has 0 spiro atoms. The lowest BCUT2D eigenvalue weighted by molar-refractivity contribution is -0.136. The molecule has 1 aromatic rings. The van der Waals surface area contributed by atoms with Gasteiger partial charge in [0.1, 0.15) is 6.04 Å². The molecule has 90 valence electrons. The fourth-order valence-corrected chi connectivity index (χ4v) is 1.98. The maximum absolute atomic E-state index is 11.6. The van der Waals surface area contributed by atoms with E-state index in [2.05, 4.69) is 4.74 Å². The average Bonchev–Trinajstić information content (AvgIpc) is 2.55. The SMILES string of the molecule is CC(C)C1C(=O)OC(=O)N1c1ccc(Cl)cc1. The Bertz CT molecular complexity index is 455.